The van der Waals surface area contributed by atoms with Crippen LogP contribution in [0.5, 0.6) is 0 Å². The number of carbonyl (C=O) groups is 1. The predicted molar refractivity (Wildman–Crippen MR) is 62.6 cm³/mol. The van der Waals surface area contributed by atoms with Crippen LogP contribution in [0.4, 0.5) is 0 Å². The Hall–Kier alpha value is -1.34. The van der Waals surface area contributed by atoms with Crippen molar-refractivity contribution in [2.45, 2.75) is 24.5 Å². The quantitative estimate of drug-likeness (QED) is 0.198. The van der Waals surface area contributed by atoms with Gasteiger partial charge < -0.3 is 9.84 Å². The molecule has 0 heterocycles. The number of methoxy groups -OCH3 is 1. The molecule has 0 amide bonds. The maximum atomic E-state index is 12.1. The molecule has 2 aliphatic rings. The summed E-state index contributed by atoms with van der Waals surface area (Å²) in [7, 11) is 2.61. The maximum Gasteiger partial charge on any atom is 0.321 e. The van der Waals surface area contributed by atoms with E-state index in [0.717, 1.165) is 0 Å². The van der Waals surface area contributed by atoms with Crippen molar-refractivity contribution in [3.63, 3.8) is 0 Å². The van der Waals surface area contributed by atoms with Gasteiger partial charge in [0.25, 0.3) is 0 Å². The molecule has 2 rings (SSSR count). The van der Waals surface area contributed by atoms with Gasteiger partial charge in [0, 0.05) is 4.91 Å². The van der Waals surface area contributed by atoms with Crippen LogP contribution in [0.2, 0.25) is 0 Å². The van der Waals surface area contributed by atoms with Crippen LogP contribution in [0.1, 0.15) is 13.3 Å². The van der Waals surface area contributed by atoms with Gasteiger partial charge in [0.2, 0.25) is 0 Å². The van der Waals surface area contributed by atoms with E-state index in [0.29, 0.717) is 13.0 Å². The van der Waals surface area contributed by atoms with Gasteiger partial charge in [-0.05, 0) is 36.6 Å². The van der Waals surface area contributed by atoms with Crippen LogP contribution in [0.25, 0.3) is 10.4 Å². The van der Waals surface area contributed by atoms with Crippen LogP contribution < -0.4 is 0 Å². The van der Waals surface area contributed by atoms with E-state index in [1.165, 1.54) is 21.1 Å². The van der Waals surface area contributed by atoms with E-state index in [1.807, 2.05) is 0 Å². The summed E-state index contributed by atoms with van der Waals surface area (Å²) in [5.41, 5.74) is 5.76. The summed E-state index contributed by atoms with van der Waals surface area (Å²) in [6.07, 6.45) is 0.365. The molecule has 0 aromatic rings. The monoisotopic (exact) mass is 271 g/mol. The molecule has 5 atom stereocenters. The minimum absolute atomic E-state index is 0.0183. The first-order chi connectivity index (χ1) is 8.96. The molecular weight excluding hydrogens is 254 g/mol. The fourth-order valence-electron chi connectivity index (χ4n) is 3.49. The number of ether oxygens (including phenoxy) is 1. The van der Waals surface area contributed by atoms with Gasteiger partial charge in [-0.25, -0.2) is 9.78 Å². The maximum absolute atomic E-state index is 12.1. The Bertz CT molecular complexity index is 434. The van der Waals surface area contributed by atoms with Crippen LogP contribution in [0.15, 0.2) is 5.11 Å². The molecule has 106 valence electrons. The third-order valence-electron chi connectivity index (χ3n) is 4.35. The largest absolute Gasteiger partial charge is 0.468 e. The number of hydrogen-bond donors (Lipinski definition) is 1. The van der Waals surface area contributed by atoms with E-state index in [9.17, 15) is 9.90 Å². The first-order valence-corrected chi connectivity index (χ1v) is 5.99. The number of nitrogens with zero attached hydrogens (tertiary/aromatic N) is 3. The highest BCUT2D eigenvalue weighted by molar-refractivity contribution is 5.85. The van der Waals surface area contributed by atoms with Gasteiger partial charge >= 0.3 is 5.97 Å². The number of esters is 1. The number of carbonyl (C=O) groups excluding carboxylic acids is 1. The number of fused-ring (bicyclic) bond motifs is 1. The Morgan fingerprint density at radius 2 is 2.26 bits per heavy atom. The molecule has 19 heavy (non-hydrogen) atoms. The Kier molecular flexibility index (Phi) is 3.44. The molecule has 2 fully saturated rings. The van der Waals surface area contributed by atoms with Crippen molar-refractivity contribution in [2.75, 3.05) is 20.8 Å². The predicted octanol–water partition coefficient (Wildman–Crippen LogP) is 0.803. The zero-order valence-corrected chi connectivity index (χ0v) is 11.1. The lowest BCUT2D eigenvalue weighted by molar-refractivity contribution is -0.277. The van der Waals surface area contributed by atoms with Crippen molar-refractivity contribution in [3.05, 3.63) is 10.4 Å². The third-order valence-corrected chi connectivity index (χ3v) is 4.35. The van der Waals surface area contributed by atoms with Crippen LogP contribution in [0, 0.1) is 17.8 Å². The van der Waals surface area contributed by atoms with Crippen molar-refractivity contribution in [1.29, 1.82) is 0 Å². The number of aliphatic hydroxyl groups is 1. The van der Waals surface area contributed by atoms with E-state index in [2.05, 4.69) is 14.9 Å². The molecule has 0 aromatic heterocycles. The smallest absolute Gasteiger partial charge is 0.321 e. The fourth-order valence-corrected chi connectivity index (χ4v) is 3.49. The summed E-state index contributed by atoms with van der Waals surface area (Å²) in [5, 5.41) is 14.1. The molecule has 0 spiro atoms. The lowest BCUT2D eigenvalue weighted by Crippen LogP contribution is -2.56. The van der Waals surface area contributed by atoms with Gasteiger partial charge in [-0.15, -0.1) is 0 Å². The number of azide groups is 1. The highest BCUT2D eigenvalue weighted by Crippen LogP contribution is 2.67. The van der Waals surface area contributed by atoms with E-state index < -0.39 is 17.1 Å². The summed E-state index contributed by atoms with van der Waals surface area (Å²) >= 11 is 0. The summed E-state index contributed by atoms with van der Waals surface area (Å²) in [6.45, 7) is 1.79. The van der Waals surface area contributed by atoms with Gasteiger partial charge in [0.15, 0.2) is 5.54 Å². The first-order valence-electron chi connectivity index (χ1n) is 5.99. The average molecular weight is 271 g/mol. The molecule has 0 radical (unpaired) electrons. The van der Waals surface area contributed by atoms with Crippen molar-refractivity contribution in [2.24, 2.45) is 22.9 Å². The lowest BCUT2D eigenvalue weighted by Gasteiger charge is -2.36. The normalized spacial score (nSPS) is 43.3. The summed E-state index contributed by atoms with van der Waals surface area (Å²) in [6, 6.07) is 0. The highest BCUT2D eigenvalue weighted by atomic mass is 17.2. The zero-order valence-electron chi connectivity index (χ0n) is 11.1. The topological polar surface area (TPSA) is 114 Å². The first kappa shape index (κ1) is 14.1. The summed E-state index contributed by atoms with van der Waals surface area (Å²) in [5.74, 6) is -0.900. The molecule has 1 N–H and O–H groups in total. The SMILES string of the molecule is COOCC1C2CC(C)(O)C(N=[N+]=[N-])(C(=O)OC)C12. The van der Waals surface area contributed by atoms with Gasteiger partial charge in [0.1, 0.15) is 0 Å². The van der Waals surface area contributed by atoms with Crippen molar-refractivity contribution in [3.8, 4) is 0 Å². The second-order valence-corrected chi connectivity index (χ2v) is 5.23. The molecule has 0 saturated heterocycles. The second kappa shape index (κ2) is 4.64. The summed E-state index contributed by atoms with van der Waals surface area (Å²) in [4.78, 5) is 24.2. The Balaban J connectivity index is 2.32. The third kappa shape index (κ3) is 1.80. The minimum atomic E-state index is -1.58. The lowest BCUT2D eigenvalue weighted by atomic mass is 9.78. The molecule has 2 saturated carbocycles. The second-order valence-electron chi connectivity index (χ2n) is 5.23. The number of rotatable bonds is 5. The Morgan fingerprint density at radius 1 is 1.58 bits per heavy atom. The average Bonchev–Trinajstić information content (AvgIpc) is 2.97. The molecule has 2 aliphatic carbocycles. The Labute approximate surface area is 110 Å². The van der Waals surface area contributed by atoms with E-state index in [1.54, 1.807) is 0 Å². The van der Waals surface area contributed by atoms with Crippen LogP contribution in [-0.4, -0.2) is 43.0 Å². The molecule has 0 bridgehead atoms. The molecule has 0 aliphatic heterocycles. The standard InChI is InChI=1S/C11H17N3O5/c1-10(16)4-6-7(5-19-18-3)8(6)11(10,13-14-12)9(15)17-2/h6-8,16H,4-5H2,1-3H3. The van der Waals surface area contributed by atoms with Crippen LogP contribution >= 0.6 is 0 Å². The minimum Gasteiger partial charge on any atom is -0.468 e. The van der Waals surface area contributed by atoms with E-state index in [4.69, 9.17) is 15.2 Å². The number of hydrogen-bond acceptors (Lipinski definition) is 6. The highest BCUT2D eigenvalue weighted by Gasteiger charge is 2.77. The van der Waals surface area contributed by atoms with Gasteiger partial charge in [-0.2, -0.15) is 0 Å². The van der Waals surface area contributed by atoms with Gasteiger partial charge in [-0.3, -0.25) is 4.79 Å². The van der Waals surface area contributed by atoms with Gasteiger partial charge in [0.05, 0.1) is 26.4 Å². The Morgan fingerprint density at radius 3 is 2.79 bits per heavy atom. The van der Waals surface area contributed by atoms with Crippen molar-refractivity contribution >= 4 is 5.97 Å². The van der Waals surface area contributed by atoms with Crippen molar-refractivity contribution in [1.82, 2.24) is 0 Å². The van der Waals surface area contributed by atoms with E-state index >= 15 is 0 Å². The van der Waals surface area contributed by atoms with E-state index in [-0.39, 0.29) is 17.8 Å². The van der Waals surface area contributed by atoms with Crippen LogP contribution in [-0.2, 0) is 19.3 Å². The molecule has 0 aromatic carbocycles. The fraction of sp³-hybridized carbons (Fsp3) is 0.909. The molecular formula is C11H17N3O5. The molecule has 5 unspecified atom stereocenters. The van der Waals surface area contributed by atoms with Crippen molar-refractivity contribution < 1.29 is 24.4 Å². The molecule has 8 nitrogen and oxygen atoms in total. The van der Waals surface area contributed by atoms with Gasteiger partial charge in [-0.1, -0.05) is 5.11 Å². The molecule has 8 heteroatoms. The van der Waals surface area contributed by atoms with Crippen LogP contribution in [0.3, 0.4) is 0 Å². The summed E-state index contributed by atoms with van der Waals surface area (Å²) < 4.78 is 4.74. The zero-order chi connectivity index (χ0) is 14.3.